The lowest BCUT2D eigenvalue weighted by Gasteiger charge is -2.06. The standard InChI is InChI=1S/C8H7ClF2O/c1-4(12)5-2-3-6(9)8(11)7(5)10/h2-4,12H,1H3. The second-order valence-corrected chi connectivity index (χ2v) is 2.85. The van der Waals surface area contributed by atoms with Crippen molar-refractivity contribution in [3.05, 3.63) is 34.4 Å². The van der Waals surface area contributed by atoms with Gasteiger partial charge in [0.2, 0.25) is 0 Å². The molecule has 0 heterocycles. The molecular formula is C8H7ClF2O. The average Bonchev–Trinajstić information content (AvgIpc) is 2.00. The molecule has 4 heteroatoms. The average molecular weight is 193 g/mol. The van der Waals surface area contributed by atoms with Crippen LogP contribution >= 0.6 is 11.6 Å². The number of benzene rings is 1. The highest BCUT2D eigenvalue weighted by atomic mass is 35.5. The van der Waals surface area contributed by atoms with Crippen LogP contribution < -0.4 is 0 Å². The zero-order valence-electron chi connectivity index (χ0n) is 6.31. The van der Waals surface area contributed by atoms with Crippen molar-refractivity contribution in [2.45, 2.75) is 13.0 Å². The van der Waals surface area contributed by atoms with Gasteiger partial charge < -0.3 is 5.11 Å². The Labute approximate surface area is 73.6 Å². The molecule has 1 N–H and O–H groups in total. The number of aliphatic hydroxyl groups is 1. The van der Waals surface area contributed by atoms with Crippen molar-refractivity contribution in [3.8, 4) is 0 Å². The predicted molar refractivity (Wildman–Crippen MR) is 42.0 cm³/mol. The van der Waals surface area contributed by atoms with Crippen LogP contribution in [-0.4, -0.2) is 5.11 Å². The first kappa shape index (κ1) is 9.42. The molecule has 0 fully saturated rings. The fourth-order valence-electron chi connectivity index (χ4n) is 0.863. The van der Waals surface area contributed by atoms with Crippen molar-refractivity contribution in [1.82, 2.24) is 0 Å². The first-order chi connectivity index (χ1) is 5.54. The molecule has 0 aliphatic rings. The van der Waals surface area contributed by atoms with Crippen LogP contribution in [0.5, 0.6) is 0 Å². The zero-order chi connectivity index (χ0) is 9.30. The quantitative estimate of drug-likeness (QED) is 0.679. The summed E-state index contributed by atoms with van der Waals surface area (Å²) in [6.07, 6.45) is -1.03. The fraction of sp³-hybridized carbons (Fsp3) is 0.250. The number of rotatable bonds is 1. The number of hydrogen-bond donors (Lipinski definition) is 1. The maximum absolute atomic E-state index is 12.9. The minimum absolute atomic E-state index is 0.0862. The van der Waals surface area contributed by atoms with Crippen molar-refractivity contribution >= 4 is 11.6 Å². The summed E-state index contributed by atoms with van der Waals surface area (Å²) in [7, 11) is 0. The molecule has 0 spiro atoms. The van der Waals surface area contributed by atoms with Gasteiger partial charge in [0.25, 0.3) is 0 Å². The molecule has 0 aliphatic heterocycles. The molecule has 0 bridgehead atoms. The van der Waals surface area contributed by atoms with E-state index in [1.165, 1.54) is 19.1 Å². The largest absolute Gasteiger partial charge is 0.389 e. The van der Waals surface area contributed by atoms with E-state index < -0.39 is 17.7 Å². The van der Waals surface area contributed by atoms with E-state index in [1.54, 1.807) is 0 Å². The zero-order valence-corrected chi connectivity index (χ0v) is 7.07. The lowest BCUT2D eigenvalue weighted by atomic mass is 10.1. The summed E-state index contributed by atoms with van der Waals surface area (Å²) >= 11 is 5.29. The molecule has 66 valence electrons. The van der Waals surface area contributed by atoms with Gasteiger partial charge in [-0.3, -0.25) is 0 Å². The smallest absolute Gasteiger partial charge is 0.177 e. The van der Waals surface area contributed by atoms with Crippen molar-refractivity contribution in [2.24, 2.45) is 0 Å². The van der Waals surface area contributed by atoms with Crippen molar-refractivity contribution < 1.29 is 13.9 Å². The molecule has 1 atom stereocenters. The molecular weight excluding hydrogens is 186 g/mol. The molecule has 0 saturated heterocycles. The topological polar surface area (TPSA) is 20.2 Å². The molecule has 0 aromatic heterocycles. The molecule has 0 saturated carbocycles. The highest BCUT2D eigenvalue weighted by molar-refractivity contribution is 6.30. The molecule has 0 aliphatic carbocycles. The second-order valence-electron chi connectivity index (χ2n) is 2.44. The number of aliphatic hydroxyl groups excluding tert-OH is 1. The van der Waals surface area contributed by atoms with Crippen molar-refractivity contribution in [2.75, 3.05) is 0 Å². The van der Waals surface area contributed by atoms with E-state index in [2.05, 4.69) is 0 Å². The molecule has 1 aromatic rings. The van der Waals surface area contributed by atoms with Gasteiger partial charge >= 0.3 is 0 Å². The summed E-state index contributed by atoms with van der Waals surface area (Å²) in [6, 6.07) is 2.47. The Morgan fingerprint density at radius 2 is 1.92 bits per heavy atom. The van der Waals surface area contributed by atoms with Crippen molar-refractivity contribution in [1.29, 1.82) is 0 Å². The van der Waals surface area contributed by atoms with E-state index in [0.29, 0.717) is 0 Å². The third kappa shape index (κ3) is 1.57. The fourth-order valence-corrected chi connectivity index (χ4v) is 1.01. The van der Waals surface area contributed by atoms with Crippen LogP contribution in [0.3, 0.4) is 0 Å². The van der Waals surface area contributed by atoms with Gasteiger partial charge in [0, 0.05) is 5.56 Å². The first-order valence-corrected chi connectivity index (χ1v) is 3.73. The summed E-state index contributed by atoms with van der Waals surface area (Å²) in [5, 5.41) is 8.69. The molecule has 12 heavy (non-hydrogen) atoms. The van der Waals surface area contributed by atoms with Gasteiger partial charge in [0.1, 0.15) is 0 Å². The van der Waals surface area contributed by atoms with Gasteiger partial charge in [-0.25, -0.2) is 8.78 Å². The maximum Gasteiger partial charge on any atom is 0.177 e. The van der Waals surface area contributed by atoms with Gasteiger partial charge in [-0.2, -0.15) is 0 Å². The Hall–Kier alpha value is -0.670. The Kier molecular flexibility index (Phi) is 2.65. The van der Waals surface area contributed by atoms with Gasteiger partial charge in [-0.1, -0.05) is 17.7 Å². The Morgan fingerprint density at radius 3 is 2.42 bits per heavy atom. The van der Waals surface area contributed by atoms with Crippen LogP contribution in [0.25, 0.3) is 0 Å². The highest BCUT2D eigenvalue weighted by Crippen LogP contribution is 2.24. The van der Waals surface area contributed by atoms with Crippen LogP contribution in [-0.2, 0) is 0 Å². The van der Waals surface area contributed by atoms with E-state index in [4.69, 9.17) is 16.7 Å². The summed E-state index contributed by atoms with van der Waals surface area (Å²) in [4.78, 5) is 0. The summed E-state index contributed by atoms with van der Waals surface area (Å²) in [5.74, 6) is -2.20. The van der Waals surface area contributed by atoms with Crippen LogP contribution in [0.15, 0.2) is 12.1 Å². The predicted octanol–water partition coefficient (Wildman–Crippen LogP) is 2.67. The SMILES string of the molecule is CC(O)c1ccc(Cl)c(F)c1F. The van der Waals surface area contributed by atoms with E-state index in [1.807, 2.05) is 0 Å². The molecule has 1 aromatic carbocycles. The van der Waals surface area contributed by atoms with Crippen LogP contribution in [0.4, 0.5) is 8.78 Å². The van der Waals surface area contributed by atoms with Gasteiger partial charge in [0.15, 0.2) is 11.6 Å². The van der Waals surface area contributed by atoms with Crippen LogP contribution in [0.1, 0.15) is 18.6 Å². The third-order valence-electron chi connectivity index (χ3n) is 1.52. The van der Waals surface area contributed by atoms with Crippen LogP contribution in [0.2, 0.25) is 5.02 Å². The number of halogens is 3. The van der Waals surface area contributed by atoms with Crippen LogP contribution in [0, 0.1) is 11.6 Å². The molecule has 1 unspecified atom stereocenters. The summed E-state index contributed by atoms with van der Waals surface area (Å²) in [5.41, 5.74) is -0.0862. The monoisotopic (exact) mass is 192 g/mol. The van der Waals surface area contributed by atoms with Gasteiger partial charge in [0.05, 0.1) is 11.1 Å². The third-order valence-corrected chi connectivity index (χ3v) is 1.81. The molecule has 1 nitrogen and oxygen atoms in total. The Bertz CT molecular complexity index is 299. The lowest BCUT2D eigenvalue weighted by Crippen LogP contribution is -1.98. The molecule has 0 amide bonds. The summed E-state index contributed by atoms with van der Waals surface area (Å²) < 4.78 is 25.6. The Morgan fingerprint density at radius 1 is 1.33 bits per heavy atom. The summed E-state index contributed by atoms with van der Waals surface area (Å²) in [6.45, 7) is 1.35. The second kappa shape index (κ2) is 3.37. The molecule has 0 radical (unpaired) electrons. The highest BCUT2D eigenvalue weighted by Gasteiger charge is 2.14. The first-order valence-electron chi connectivity index (χ1n) is 3.35. The maximum atomic E-state index is 12.9. The number of hydrogen-bond acceptors (Lipinski definition) is 1. The van der Waals surface area contributed by atoms with Gasteiger partial charge in [-0.15, -0.1) is 0 Å². The minimum atomic E-state index is -1.12. The van der Waals surface area contributed by atoms with E-state index in [9.17, 15) is 8.78 Å². The molecule has 1 rings (SSSR count). The normalized spacial score (nSPS) is 13.1. The van der Waals surface area contributed by atoms with E-state index >= 15 is 0 Å². The van der Waals surface area contributed by atoms with Crippen molar-refractivity contribution in [3.63, 3.8) is 0 Å². The van der Waals surface area contributed by atoms with Gasteiger partial charge in [-0.05, 0) is 13.0 Å². The Balaban J connectivity index is 3.27. The minimum Gasteiger partial charge on any atom is -0.389 e. The van der Waals surface area contributed by atoms with E-state index in [-0.39, 0.29) is 10.6 Å². The van der Waals surface area contributed by atoms with E-state index in [0.717, 1.165) is 0 Å². The lowest BCUT2D eigenvalue weighted by molar-refractivity contribution is 0.192.